The van der Waals surface area contributed by atoms with Crippen molar-refractivity contribution in [1.82, 2.24) is 9.55 Å². The highest BCUT2D eigenvalue weighted by atomic mass is 16.5. The van der Waals surface area contributed by atoms with Gasteiger partial charge in [0.05, 0.1) is 19.9 Å². The summed E-state index contributed by atoms with van der Waals surface area (Å²) in [6.45, 7) is 1.80. The van der Waals surface area contributed by atoms with Gasteiger partial charge in [-0.3, -0.25) is 4.79 Å². The predicted molar refractivity (Wildman–Crippen MR) is 72.8 cm³/mol. The Hall–Kier alpha value is -2.30. The molecule has 1 heterocycles. The Balaban J connectivity index is 2.56. The van der Waals surface area contributed by atoms with Crippen molar-refractivity contribution in [2.75, 3.05) is 14.2 Å². The van der Waals surface area contributed by atoms with Crippen LogP contribution in [0.1, 0.15) is 5.82 Å². The molecule has 1 aromatic heterocycles. The summed E-state index contributed by atoms with van der Waals surface area (Å²) in [6, 6.07) is 6.96. The molecule has 0 atom stereocenters. The van der Waals surface area contributed by atoms with Gasteiger partial charge < -0.3 is 14.0 Å². The first-order chi connectivity index (χ1) is 9.06. The van der Waals surface area contributed by atoms with Gasteiger partial charge in [0.25, 0.3) is 5.56 Å². The first kappa shape index (κ1) is 13.1. The van der Waals surface area contributed by atoms with E-state index in [9.17, 15) is 4.79 Å². The fraction of sp³-hybridized carbons (Fsp3) is 0.286. The Morgan fingerprint density at radius 3 is 2.37 bits per heavy atom. The van der Waals surface area contributed by atoms with Crippen LogP contribution < -0.4 is 15.0 Å². The quantitative estimate of drug-likeness (QED) is 0.844. The van der Waals surface area contributed by atoms with Crippen LogP contribution in [0.2, 0.25) is 0 Å². The van der Waals surface area contributed by atoms with Crippen molar-refractivity contribution in [1.29, 1.82) is 0 Å². The van der Waals surface area contributed by atoms with Gasteiger partial charge in [-0.15, -0.1) is 0 Å². The average molecular weight is 260 g/mol. The molecule has 0 aliphatic carbocycles. The van der Waals surface area contributed by atoms with E-state index in [1.807, 2.05) is 6.07 Å². The van der Waals surface area contributed by atoms with Gasteiger partial charge >= 0.3 is 0 Å². The topological polar surface area (TPSA) is 53.4 Å². The van der Waals surface area contributed by atoms with Crippen LogP contribution in [0.4, 0.5) is 0 Å². The third-order valence-electron chi connectivity index (χ3n) is 3.04. The second kappa shape index (κ2) is 5.14. The van der Waals surface area contributed by atoms with E-state index in [4.69, 9.17) is 9.47 Å². The summed E-state index contributed by atoms with van der Waals surface area (Å²) in [7, 11) is 4.85. The number of ether oxygens (including phenoxy) is 2. The lowest BCUT2D eigenvalue weighted by Gasteiger charge is -2.10. The molecular weight excluding hydrogens is 244 g/mol. The Kier molecular flexibility index (Phi) is 3.55. The molecule has 1 aromatic carbocycles. The van der Waals surface area contributed by atoms with Crippen molar-refractivity contribution in [2.45, 2.75) is 6.92 Å². The van der Waals surface area contributed by atoms with Crippen LogP contribution in [0.3, 0.4) is 0 Å². The number of hydrogen-bond acceptors (Lipinski definition) is 4. The molecule has 0 aliphatic heterocycles. The predicted octanol–water partition coefficient (Wildman–Crippen LogP) is 1.77. The first-order valence-electron chi connectivity index (χ1n) is 5.84. The van der Waals surface area contributed by atoms with E-state index in [1.54, 1.807) is 40.3 Å². The van der Waals surface area contributed by atoms with Crippen LogP contribution in [0.15, 0.2) is 29.1 Å². The molecule has 2 rings (SSSR count). The summed E-state index contributed by atoms with van der Waals surface area (Å²) in [4.78, 5) is 16.2. The van der Waals surface area contributed by atoms with Crippen molar-refractivity contribution in [3.8, 4) is 22.8 Å². The van der Waals surface area contributed by atoms with Gasteiger partial charge in [0.15, 0.2) is 11.5 Å². The molecular formula is C14H16N2O3. The maximum absolute atomic E-state index is 11.8. The third kappa shape index (κ3) is 2.45. The van der Waals surface area contributed by atoms with E-state index in [2.05, 4.69) is 4.98 Å². The molecule has 5 heteroatoms. The summed E-state index contributed by atoms with van der Waals surface area (Å²) in [5.74, 6) is 1.92. The minimum absolute atomic E-state index is 0.0858. The van der Waals surface area contributed by atoms with Crippen molar-refractivity contribution >= 4 is 0 Å². The van der Waals surface area contributed by atoms with Crippen molar-refractivity contribution in [3.05, 3.63) is 40.4 Å². The fourth-order valence-electron chi connectivity index (χ4n) is 1.80. The number of methoxy groups -OCH3 is 2. The minimum Gasteiger partial charge on any atom is -0.493 e. The fourth-order valence-corrected chi connectivity index (χ4v) is 1.80. The molecule has 0 amide bonds. The van der Waals surface area contributed by atoms with Gasteiger partial charge in [0, 0.05) is 18.7 Å². The average Bonchev–Trinajstić information content (AvgIpc) is 2.43. The Labute approximate surface area is 111 Å². The number of rotatable bonds is 3. The van der Waals surface area contributed by atoms with E-state index in [1.165, 1.54) is 10.6 Å². The zero-order valence-corrected chi connectivity index (χ0v) is 11.4. The standard InChI is InChI=1S/C14H16N2O3/c1-9-15-11(8-14(17)16(9)2)10-5-6-12(18-3)13(7-10)19-4/h5-8H,1-4H3. The van der Waals surface area contributed by atoms with Crippen LogP contribution in [-0.4, -0.2) is 23.8 Å². The molecule has 0 saturated heterocycles. The number of aryl methyl sites for hydroxylation is 1. The monoisotopic (exact) mass is 260 g/mol. The van der Waals surface area contributed by atoms with Gasteiger partial charge in [-0.25, -0.2) is 4.98 Å². The van der Waals surface area contributed by atoms with E-state index in [0.717, 1.165) is 5.56 Å². The summed E-state index contributed by atoms with van der Waals surface area (Å²) < 4.78 is 11.9. The van der Waals surface area contributed by atoms with Gasteiger partial charge in [0.2, 0.25) is 0 Å². The lowest BCUT2D eigenvalue weighted by Crippen LogP contribution is -2.19. The Morgan fingerprint density at radius 1 is 1.11 bits per heavy atom. The minimum atomic E-state index is -0.0858. The van der Waals surface area contributed by atoms with Gasteiger partial charge in [0.1, 0.15) is 5.82 Å². The second-order valence-corrected chi connectivity index (χ2v) is 4.16. The lowest BCUT2D eigenvalue weighted by atomic mass is 10.1. The van der Waals surface area contributed by atoms with Crippen LogP contribution in [0, 0.1) is 6.92 Å². The van der Waals surface area contributed by atoms with E-state index in [-0.39, 0.29) is 5.56 Å². The smallest absolute Gasteiger partial charge is 0.253 e. The van der Waals surface area contributed by atoms with Crippen molar-refractivity contribution < 1.29 is 9.47 Å². The molecule has 0 bridgehead atoms. The molecule has 0 saturated carbocycles. The largest absolute Gasteiger partial charge is 0.493 e. The molecule has 0 unspecified atom stereocenters. The molecule has 100 valence electrons. The van der Waals surface area contributed by atoms with Crippen LogP contribution >= 0.6 is 0 Å². The molecule has 0 aliphatic rings. The highest BCUT2D eigenvalue weighted by Crippen LogP contribution is 2.31. The molecule has 0 N–H and O–H groups in total. The highest BCUT2D eigenvalue weighted by molar-refractivity contribution is 5.63. The second-order valence-electron chi connectivity index (χ2n) is 4.16. The van der Waals surface area contributed by atoms with Crippen LogP contribution in [-0.2, 0) is 7.05 Å². The zero-order chi connectivity index (χ0) is 14.0. The number of aromatic nitrogens is 2. The SMILES string of the molecule is COc1ccc(-c2cc(=O)n(C)c(C)n2)cc1OC. The summed E-state index contributed by atoms with van der Waals surface area (Å²) in [6.07, 6.45) is 0. The van der Waals surface area contributed by atoms with E-state index >= 15 is 0 Å². The highest BCUT2D eigenvalue weighted by Gasteiger charge is 2.09. The number of nitrogens with zero attached hydrogens (tertiary/aromatic N) is 2. The molecule has 0 fully saturated rings. The van der Waals surface area contributed by atoms with E-state index in [0.29, 0.717) is 23.0 Å². The molecule has 0 radical (unpaired) electrons. The van der Waals surface area contributed by atoms with E-state index < -0.39 is 0 Å². The molecule has 5 nitrogen and oxygen atoms in total. The number of hydrogen-bond donors (Lipinski definition) is 0. The third-order valence-corrected chi connectivity index (χ3v) is 3.04. The lowest BCUT2D eigenvalue weighted by molar-refractivity contribution is 0.355. The van der Waals surface area contributed by atoms with Gasteiger partial charge in [-0.1, -0.05) is 0 Å². The van der Waals surface area contributed by atoms with Gasteiger partial charge in [-0.2, -0.15) is 0 Å². The van der Waals surface area contributed by atoms with Crippen molar-refractivity contribution in [2.24, 2.45) is 7.05 Å². The Morgan fingerprint density at radius 2 is 1.79 bits per heavy atom. The van der Waals surface area contributed by atoms with Crippen LogP contribution in [0.25, 0.3) is 11.3 Å². The van der Waals surface area contributed by atoms with Gasteiger partial charge in [-0.05, 0) is 25.1 Å². The number of benzene rings is 1. The zero-order valence-electron chi connectivity index (χ0n) is 11.4. The first-order valence-corrected chi connectivity index (χ1v) is 5.84. The summed E-state index contributed by atoms with van der Waals surface area (Å²) >= 11 is 0. The molecule has 19 heavy (non-hydrogen) atoms. The van der Waals surface area contributed by atoms with Crippen LogP contribution in [0.5, 0.6) is 11.5 Å². The Bertz CT molecular complexity index is 662. The molecule has 2 aromatic rings. The molecule has 0 spiro atoms. The van der Waals surface area contributed by atoms with Crippen molar-refractivity contribution in [3.63, 3.8) is 0 Å². The summed E-state index contributed by atoms with van der Waals surface area (Å²) in [5.41, 5.74) is 1.36. The normalized spacial score (nSPS) is 10.3. The maximum Gasteiger partial charge on any atom is 0.253 e. The summed E-state index contributed by atoms with van der Waals surface area (Å²) in [5, 5.41) is 0. The maximum atomic E-state index is 11.8.